The van der Waals surface area contributed by atoms with Gasteiger partial charge < -0.3 is 14.2 Å². The van der Waals surface area contributed by atoms with Crippen LogP contribution in [0.3, 0.4) is 0 Å². The zero-order valence-electron chi connectivity index (χ0n) is 12.8. The van der Waals surface area contributed by atoms with Crippen LogP contribution in [-0.4, -0.2) is 31.8 Å². The molecule has 0 saturated heterocycles. The molecule has 0 aromatic heterocycles. The van der Waals surface area contributed by atoms with Crippen molar-refractivity contribution < 1.29 is 28.6 Å². The average molecular weight is 316 g/mol. The van der Waals surface area contributed by atoms with Gasteiger partial charge in [0.25, 0.3) is 5.78 Å². The number of carbonyl (C=O) groups is 3. The number of benzene rings is 1. The molecule has 1 aliphatic rings. The molecular weight excluding hydrogens is 300 g/mol. The number of hydrogen-bond acceptors (Lipinski definition) is 6. The van der Waals surface area contributed by atoms with Crippen LogP contribution < -0.4 is 0 Å². The van der Waals surface area contributed by atoms with E-state index in [4.69, 9.17) is 9.47 Å². The fourth-order valence-electron chi connectivity index (χ4n) is 2.07. The molecule has 0 N–H and O–H groups in total. The van der Waals surface area contributed by atoms with Crippen LogP contribution >= 0.6 is 0 Å². The van der Waals surface area contributed by atoms with Gasteiger partial charge in [-0.15, -0.1) is 0 Å². The van der Waals surface area contributed by atoms with E-state index in [1.165, 1.54) is 14.2 Å². The molecule has 23 heavy (non-hydrogen) atoms. The molecule has 0 bridgehead atoms. The lowest BCUT2D eigenvalue weighted by atomic mass is 10.1. The third-order valence-electron chi connectivity index (χ3n) is 3.23. The fraction of sp³-hybridized carbons (Fsp3) is 0.235. The number of ketones is 2. The highest BCUT2D eigenvalue weighted by Crippen LogP contribution is 2.27. The second kappa shape index (κ2) is 7.40. The SMILES string of the molecule is COC(=O)C[C@H](OC1=CC(=O)C=C(OC)C1=O)c1ccccc1. The topological polar surface area (TPSA) is 78.9 Å². The van der Waals surface area contributed by atoms with E-state index in [0.29, 0.717) is 5.56 Å². The molecule has 0 spiro atoms. The summed E-state index contributed by atoms with van der Waals surface area (Å²) in [6.07, 6.45) is 1.33. The van der Waals surface area contributed by atoms with Crippen LogP contribution in [0.1, 0.15) is 18.1 Å². The molecule has 6 heteroatoms. The first-order valence-corrected chi connectivity index (χ1v) is 6.89. The first kappa shape index (κ1) is 16.5. The lowest BCUT2D eigenvalue weighted by molar-refractivity contribution is -0.143. The highest BCUT2D eigenvalue weighted by Gasteiger charge is 2.28. The van der Waals surface area contributed by atoms with Crippen LogP contribution in [0.4, 0.5) is 0 Å². The molecule has 0 heterocycles. The van der Waals surface area contributed by atoms with Gasteiger partial charge in [0.1, 0.15) is 6.10 Å². The van der Waals surface area contributed by atoms with Gasteiger partial charge in [0.2, 0.25) is 0 Å². The predicted molar refractivity (Wildman–Crippen MR) is 80.1 cm³/mol. The highest BCUT2D eigenvalue weighted by atomic mass is 16.5. The number of esters is 1. The van der Waals surface area contributed by atoms with Crippen molar-refractivity contribution in [1.82, 2.24) is 0 Å². The Labute approximate surface area is 133 Å². The van der Waals surface area contributed by atoms with Gasteiger partial charge >= 0.3 is 5.97 Å². The number of allylic oxidation sites excluding steroid dienone is 2. The van der Waals surface area contributed by atoms with Gasteiger partial charge in [0.15, 0.2) is 17.3 Å². The summed E-state index contributed by atoms with van der Waals surface area (Å²) in [4.78, 5) is 35.4. The standard InChI is InChI=1S/C17H16O6/c1-21-14-8-12(18)9-15(17(14)20)23-13(10-16(19)22-2)11-6-4-3-5-7-11/h3-9,13H,10H2,1-2H3/t13-/m0/s1. The van der Waals surface area contributed by atoms with E-state index in [-0.39, 0.29) is 17.9 Å². The number of carbonyl (C=O) groups excluding carboxylic acids is 3. The molecule has 0 aliphatic heterocycles. The summed E-state index contributed by atoms with van der Waals surface area (Å²) in [7, 11) is 2.56. The molecule has 0 saturated carbocycles. The summed E-state index contributed by atoms with van der Waals surface area (Å²) >= 11 is 0. The van der Waals surface area contributed by atoms with Crippen molar-refractivity contribution in [2.45, 2.75) is 12.5 Å². The van der Waals surface area contributed by atoms with E-state index in [0.717, 1.165) is 12.2 Å². The van der Waals surface area contributed by atoms with Crippen LogP contribution in [-0.2, 0) is 28.6 Å². The lowest BCUT2D eigenvalue weighted by Gasteiger charge is -2.21. The van der Waals surface area contributed by atoms with Gasteiger partial charge in [0, 0.05) is 12.2 Å². The third kappa shape index (κ3) is 4.06. The lowest BCUT2D eigenvalue weighted by Crippen LogP contribution is -2.20. The summed E-state index contributed by atoms with van der Waals surface area (Å²) in [5.74, 6) is -1.71. The van der Waals surface area contributed by atoms with E-state index in [2.05, 4.69) is 4.74 Å². The molecule has 2 rings (SSSR count). The maximum absolute atomic E-state index is 12.2. The van der Waals surface area contributed by atoms with Crippen molar-refractivity contribution in [3.63, 3.8) is 0 Å². The Morgan fingerprint density at radius 2 is 1.70 bits per heavy atom. The summed E-state index contributed by atoms with van der Waals surface area (Å²) in [5.41, 5.74) is 0.688. The van der Waals surface area contributed by atoms with Crippen molar-refractivity contribution in [1.29, 1.82) is 0 Å². The second-order valence-corrected chi connectivity index (χ2v) is 4.75. The zero-order valence-corrected chi connectivity index (χ0v) is 12.8. The number of methoxy groups -OCH3 is 2. The number of Topliss-reactive ketones (excluding diaryl/α,β-unsaturated/α-hetero) is 1. The normalized spacial score (nSPS) is 15.4. The minimum Gasteiger partial charge on any atom is -0.492 e. The maximum atomic E-state index is 12.2. The molecule has 1 aromatic carbocycles. The van der Waals surface area contributed by atoms with Gasteiger partial charge in [-0.05, 0) is 5.56 Å². The monoisotopic (exact) mass is 316 g/mol. The van der Waals surface area contributed by atoms with Gasteiger partial charge in [-0.1, -0.05) is 30.3 Å². The number of ether oxygens (including phenoxy) is 3. The third-order valence-corrected chi connectivity index (χ3v) is 3.23. The van der Waals surface area contributed by atoms with Crippen molar-refractivity contribution in [2.75, 3.05) is 14.2 Å². The Kier molecular flexibility index (Phi) is 5.30. The molecule has 0 fully saturated rings. The summed E-state index contributed by atoms with van der Waals surface area (Å²) in [6, 6.07) is 8.91. The van der Waals surface area contributed by atoms with Gasteiger partial charge in [0.05, 0.1) is 20.6 Å². The Bertz CT molecular complexity index is 672. The Morgan fingerprint density at radius 1 is 1.04 bits per heavy atom. The van der Waals surface area contributed by atoms with Crippen molar-refractivity contribution in [3.8, 4) is 0 Å². The van der Waals surface area contributed by atoms with Crippen molar-refractivity contribution >= 4 is 17.5 Å². The summed E-state index contributed by atoms with van der Waals surface area (Å²) in [5, 5.41) is 0. The van der Waals surface area contributed by atoms with E-state index >= 15 is 0 Å². The Hall–Kier alpha value is -2.89. The molecule has 0 amide bonds. The van der Waals surface area contributed by atoms with Gasteiger partial charge in [-0.2, -0.15) is 0 Å². The summed E-state index contributed by atoms with van der Waals surface area (Å²) in [6.45, 7) is 0. The van der Waals surface area contributed by atoms with Crippen LogP contribution in [0.5, 0.6) is 0 Å². The average Bonchev–Trinajstić information content (AvgIpc) is 2.57. The maximum Gasteiger partial charge on any atom is 0.309 e. The van der Waals surface area contributed by atoms with E-state index in [1.807, 2.05) is 6.07 Å². The van der Waals surface area contributed by atoms with E-state index in [1.54, 1.807) is 24.3 Å². The first-order chi connectivity index (χ1) is 11.0. The van der Waals surface area contributed by atoms with Crippen molar-refractivity contribution in [2.24, 2.45) is 0 Å². The number of rotatable bonds is 6. The molecule has 120 valence electrons. The fourth-order valence-corrected chi connectivity index (χ4v) is 2.07. The Morgan fingerprint density at radius 3 is 2.30 bits per heavy atom. The predicted octanol–water partition coefficient (Wildman–Crippen LogP) is 1.87. The minimum atomic E-state index is -0.747. The molecule has 0 radical (unpaired) electrons. The van der Waals surface area contributed by atoms with Crippen LogP contribution in [0.15, 0.2) is 54.0 Å². The summed E-state index contributed by atoms with van der Waals surface area (Å²) < 4.78 is 15.2. The minimum absolute atomic E-state index is 0.0919. The second-order valence-electron chi connectivity index (χ2n) is 4.75. The molecule has 6 nitrogen and oxygen atoms in total. The number of hydrogen-bond donors (Lipinski definition) is 0. The highest BCUT2D eigenvalue weighted by molar-refractivity contribution is 6.18. The smallest absolute Gasteiger partial charge is 0.309 e. The van der Waals surface area contributed by atoms with Crippen LogP contribution in [0.2, 0.25) is 0 Å². The first-order valence-electron chi connectivity index (χ1n) is 6.89. The quantitative estimate of drug-likeness (QED) is 0.589. The zero-order chi connectivity index (χ0) is 16.8. The van der Waals surface area contributed by atoms with Crippen LogP contribution in [0.25, 0.3) is 0 Å². The van der Waals surface area contributed by atoms with Crippen LogP contribution in [0, 0.1) is 0 Å². The molecule has 1 atom stereocenters. The molecule has 0 unspecified atom stereocenters. The van der Waals surface area contributed by atoms with Crippen molar-refractivity contribution in [3.05, 3.63) is 59.6 Å². The molecular formula is C17H16O6. The molecule has 1 aliphatic carbocycles. The van der Waals surface area contributed by atoms with E-state index in [9.17, 15) is 14.4 Å². The Balaban J connectivity index is 2.26. The van der Waals surface area contributed by atoms with Gasteiger partial charge in [-0.3, -0.25) is 14.4 Å². The largest absolute Gasteiger partial charge is 0.492 e. The van der Waals surface area contributed by atoms with E-state index < -0.39 is 23.6 Å². The van der Waals surface area contributed by atoms with Gasteiger partial charge in [-0.25, -0.2) is 0 Å². The molecule has 1 aromatic rings.